The molecule has 1 aliphatic heterocycles. The zero-order chi connectivity index (χ0) is 16.9. The van der Waals surface area contributed by atoms with Gasteiger partial charge in [-0.3, -0.25) is 14.6 Å². The molecule has 1 aromatic carbocycles. The van der Waals surface area contributed by atoms with Crippen LogP contribution in [0.15, 0.2) is 36.5 Å². The maximum Gasteiger partial charge on any atom is 0.225 e. The number of likely N-dealkylation sites (tertiary alicyclic amines) is 1. The maximum atomic E-state index is 12.0. The molecule has 1 atom stereocenters. The number of pyridine rings is 1. The highest BCUT2D eigenvalue weighted by Gasteiger charge is 2.31. The van der Waals surface area contributed by atoms with Crippen LogP contribution < -0.4 is 10.1 Å². The number of rotatable bonds is 6. The molecular weight excluding hydrogens is 306 g/mol. The molecule has 2 aromatic rings. The van der Waals surface area contributed by atoms with E-state index in [9.17, 15) is 9.59 Å². The van der Waals surface area contributed by atoms with Crippen molar-refractivity contribution in [3.8, 4) is 5.75 Å². The number of para-hydroxylation sites is 1. The highest BCUT2D eigenvalue weighted by atomic mass is 16.5. The molecule has 0 spiro atoms. The standard InChI is InChI=1S/C18H21N3O3/c1-21-12-14(11-16(21)22)18(23)20-9-4-10-24-15-7-2-5-13-6-3-8-19-17(13)15/h2-3,5-8,14H,4,9-12H2,1H3,(H,20,23). The Balaban J connectivity index is 1.42. The van der Waals surface area contributed by atoms with Gasteiger partial charge in [0.05, 0.1) is 12.5 Å². The lowest BCUT2D eigenvalue weighted by atomic mass is 10.1. The fourth-order valence-electron chi connectivity index (χ4n) is 2.84. The van der Waals surface area contributed by atoms with Crippen molar-refractivity contribution in [2.24, 2.45) is 5.92 Å². The van der Waals surface area contributed by atoms with E-state index >= 15 is 0 Å². The summed E-state index contributed by atoms with van der Waals surface area (Å²) in [5, 5.41) is 3.92. The van der Waals surface area contributed by atoms with Crippen molar-refractivity contribution >= 4 is 22.7 Å². The number of hydrogen-bond acceptors (Lipinski definition) is 4. The number of ether oxygens (including phenoxy) is 1. The van der Waals surface area contributed by atoms with E-state index in [1.807, 2.05) is 30.3 Å². The molecule has 6 heteroatoms. The van der Waals surface area contributed by atoms with Crippen LogP contribution in [-0.2, 0) is 9.59 Å². The average Bonchev–Trinajstić information content (AvgIpc) is 2.94. The van der Waals surface area contributed by atoms with Gasteiger partial charge in [0, 0.05) is 38.1 Å². The number of hydrogen-bond donors (Lipinski definition) is 1. The van der Waals surface area contributed by atoms with Gasteiger partial charge in [0.1, 0.15) is 11.3 Å². The Labute approximate surface area is 140 Å². The fraction of sp³-hybridized carbons (Fsp3) is 0.389. The first kappa shape index (κ1) is 16.2. The number of nitrogens with zero attached hydrogens (tertiary/aromatic N) is 2. The first-order valence-electron chi connectivity index (χ1n) is 8.13. The van der Waals surface area contributed by atoms with E-state index in [0.29, 0.717) is 32.5 Å². The number of carbonyl (C=O) groups is 2. The molecule has 2 heterocycles. The predicted molar refractivity (Wildman–Crippen MR) is 90.6 cm³/mol. The summed E-state index contributed by atoms with van der Waals surface area (Å²) in [6.45, 7) is 1.54. The molecule has 0 radical (unpaired) electrons. The minimum Gasteiger partial charge on any atom is -0.491 e. The number of fused-ring (bicyclic) bond motifs is 1. The second-order valence-electron chi connectivity index (χ2n) is 6.00. The molecule has 0 saturated carbocycles. The number of amides is 2. The topological polar surface area (TPSA) is 71.5 Å². The van der Waals surface area contributed by atoms with E-state index in [2.05, 4.69) is 10.3 Å². The summed E-state index contributed by atoms with van der Waals surface area (Å²) in [5.74, 6) is 0.495. The Morgan fingerprint density at radius 3 is 3.00 bits per heavy atom. The molecular formula is C18H21N3O3. The van der Waals surface area contributed by atoms with Gasteiger partial charge in [-0.2, -0.15) is 0 Å². The van der Waals surface area contributed by atoms with Crippen molar-refractivity contribution in [2.45, 2.75) is 12.8 Å². The molecule has 1 unspecified atom stereocenters. The Hall–Kier alpha value is -2.63. The lowest BCUT2D eigenvalue weighted by molar-refractivity contribution is -0.128. The summed E-state index contributed by atoms with van der Waals surface area (Å²) in [7, 11) is 1.72. The number of nitrogens with one attached hydrogen (secondary N) is 1. The Bertz CT molecular complexity index is 742. The van der Waals surface area contributed by atoms with E-state index in [-0.39, 0.29) is 17.7 Å². The molecule has 24 heavy (non-hydrogen) atoms. The van der Waals surface area contributed by atoms with Crippen LogP contribution in [0.25, 0.3) is 10.9 Å². The smallest absolute Gasteiger partial charge is 0.225 e. The highest BCUT2D eigenvalue weighted by molar-refractivity contribution is 5.89. The third-order valence-corrected chi connectivity index (χ3v) is 4.19. The minimum atomic E-state index is -0.231. The Morgan fingerprint density at radius 1 is 1.38 bits per heavy atom. The first-order chi connectivity index (χ1) is 11.6. The molecule has 1 N–H and O–H groups in total. The van der Waals surface area contributed by atoms with E-state index in [0.717, 1.165) is 16.7 Å². The number of carbonyl (C=O) groups excluding carboxylic acids is 2. The van der Waals surface area contributed by atoms with Crippen LogP contribution in [0.5, 0.6) is 5.75 Å². The summed E-state index contributed by atoms with van der Waals surface area (Å²) in [6, 6.07) is 9.72. The maximum absolute atomic E-state index is 12.0. The van der Waals surface area contributed by atoms with Crippen molar-refractivity contribution in [1.82, 2.24) is 15.2 Å². The molecule has 1 aliphatic rings. The van der Waals surface area contributed by atoms with Crippen LogP contribution >= 0.6 is 0 Å². The monoisotopic (exact) mass is 327 g/mol. The van der Waals surface area contributed by atoms with Crippen molar-refractivity contribution < 1.29 is 14.3 Å². The lowest BCUT2D eigenvalue weighted by Crippen LogP contribution is -2.33. The van der Waals surface area contributed by atoms with Gasteiger partial charge in [-0.1, -0.05) is 18.2 Å². The number of benzene rings is 1. The molecule has 3 rings (SSSR count). The van der Waals surface area contributed by atoms with E-state index in [4.69, 9.17) is 4.74 Å². The largest absolute Gasteiger partial charge is 0.491 e. The van der Waals surface area contributed by atoms with Crippen LogP contribution in [0.2, 0.25) is 0 Å². The Kier molecular flexibility index (Phi) is 4.93. The quantitative estimate of drug-likeness (QED) is 0.818. The van der Waals surface area contributed by atoms with E-state index in [1.165, 1.54) is 0 Å². The normalized spacial score (nSPS) is 17.3. The summed E-state index contributed by atoms with van der Waals surface area (Å²) in [6.07, 6.45) is 2.75. The van der Waals surface area contributed by atoms with Crippen LogP contribution in [0, 0.1) is 5.92 Å². The van der Waals surface area contributed by atoms with Crippen LogP contribution in [0.1, 0.15) is 12.8 Å². The van der Waals surface area contributed by atoms with Gasteiger partial charge in [0.15, 0.2) is 0 Å². The molecule has 1 aromatic heterocycles. The van der Waals surface area contributed by atoms with Crippen molar-refractivity contribution in [1.29, 1.82) is 0 Å². The third kappa shape index (κ3) is 3.64. The second-order valence-corrected chi connectivity index (χ2v) is 6.00. The molecule has 0 bridgehead atoms. The highest BCUT2D eigenvalue weighted by Crippen LogP contribution is 2.22. The van der Waals surface area contributed by atoms with Crippen LogP contribution in [0.3, 0.4) is 0 Å². The summed E-state index contributed by atoms with van der Waals surface area (Å²) in [4.78, 5) is 29.4. The molecule has 2 amide bonds. The van der Waals surface area contributed by atoms with Crippen LogP contribution in [0.4, 0.5) is 0 Å². The van der Waals surface area contributed by atoms with Gasteiger partial charge in [0.25, 0.3) is 0 Å². The second kappa shape index (κ2) is 7.29. The van der Waals surface area contributed by atoms with Gasteiger partial charge >= 0.3 is 0 Å². The molecule has 0 aliphatic carbocycles. The van der Waals surface area contributed by atoms with Gasteiger partial charge in [-0.05, 0) is 18.6 Å². The van der Waals surface area contributed by atoms with E-state index in [1.54, 1.807) is 18.1 Å². The van der Waals surface area contributed by atoms with Crippen molar-refractivity contribution in [3.05, 3.63) is 36.5 Å². The zero-order valence-corrected chi connectivity index (χ0v) is 13.7. The SMILES string of the molecule is CN1CC(C(=O)NCCCOc2cccc3cccnc23)CC1=O. The van der Waals surface area contributed by atoms with E-state index < -0.39 is 0 Å². The van der Waals surface area contributed by atoms with Gasteiger partial charge < -0.3 is 15.0 Å². The molecule has 1 saturated heterocycles. The van der Waals surface area contributed by atoms with Gasteiger partial charge in [-0.25, -0.2) is 0 Å². The fourth-order valence-corrected chi connectivity index (χ4v) is 2.84. The minimum absolute atomic E-state index is 0.0296. The van der Waals surface area contributed by atoms with Crippen molar-refractivity contribution in [3.63, 3.8) is 0 Å². The molecule has 6 nitrogen and oxygen atoms in total. The molecule has 126 valence electrons. The summed E-state index contributed by atoms with van der Waals surface area (Å²) in [5.41, 5.74) is 0.844. The van der Waals surface area contributed by atoms with Crippen LogP contribution in [-0.4, -0.2) is 48.4 Å². The lowest BCUT2D eigenvalue weighted by Gasteiger charge is -2.12. The summed E-state index contributed by atoms with van der Waals surface area (Å²) < 4.78 is 5.78. The zero-order valence-electron chi connectivity index (χ0n) is 13.7. The number of aromatic nitrogens is 1. The molecule has 1 fully saturated rings. The van der Waals surface area contributed by atoms with Crippen molar-refractivity contribution in [2.75, 3.05) is 26.7 Å². The predicted octanol–water partition coefficient (Wildman–Crippen LogP) is 1.60. The third-order valence-electron chi connectivity index (χ3n) is 4.19. The average molecular weight is 327 g/mol. The summed E-state index contributed by atoms with van der Waals surface area (Å²) >= 11 is 0. The first-order valence-corrected chi connectivity index (χ1v) is 8.13. The van der Waals surface area contributed by atoms with Gasteiger partial charge in [-0.15, -0.1) is 0 Å². The Morgan fingerprint density at radius 2 is 2.21 bits per heavy atom. The van der Waals surface area contributed by atoms with Gasteiger partial charge in [0.2, 0.25) is 11.8 Å².